The molecule has 2 heterocycles. The van der Waals surface area contributed by atoms with E-state index in [9.17, 15) is 23.6 Å². The van der Waals surface area contributed by atoms with E-state index in [0.717, 1.165) is 34.3 Å². The minimum atomic E-state index is -1.00. The Hall–Kier alpha value is -4.58. The van der Waals surface area contributed by atoms with Crippen LogP contribution < -0.4 is 15.8 Å². The molecule has 1 N–H and O–H groups in total. The van der Waals surface area contributed by atoms with Gasteiger partial charge in [-0.1, -0.05) is 12.1 Å². The molecule has 7 nitrogen and oxygen atoms in total. The van der Waals surface area contributed by atoms with Gasteiger partial charge in [-0.15, -0.1) is 0 Å². The molecule has 0 unspecified atom stereocenters. The van der Waals surface area contributed by atoms with E-state index in [4.69, 9.17) is 0 Å². The molecule has 0 aliphatic rings. The van der Waals surface area contributed by atoms with Gasteiger partial charge in [0.1, 0.15) is 11.6 Å². The number of nitrogens with one attached hydrogen (secondary N) is 1. The van der Waals surface area contributed by atoms with Gasteiger partial charge in [-0.05, 0) is 54.4 Å². The van der Waals surface area contributed by atoms with E-state index in [0.29, 0.717) is 17.7 Å². The Morgan fingerprint density at radius 1 is 1.14 bits per heavy atom. The molecule has 4 rings (SSSR count). The zero-order chi connectivity index (χ0) is 25.8. The molecule has 0 saturated carbocycles. The van der Waals surface area contributed by atoms with Gasteiger partial charge < -0.3 is 14.8 Å². The Morgan fingerprint density at radius 3 is 2.64 bits per heavy atom. The second-order valence-corrected chi connectivity index (χ2v) is 8.28. The third-order valence-electron chi connectivity index (χ3n) is 5.94. The van der Waals surface area contributed by atoms with Crippen molar-refractivity contribution in [3.63, 3.8) is 0 Å². The van der Waals surface area contributed by atoms with Crippen LogP contribution in [0.15, 0.2) is 65.7 Å². The molecule has 0 spiro atoms. The van der Waals surface area contributed by atoms with Crippen molar-refractivity contribution in [1.29, 1.82) is 5.26 Å². The van der Waals surface area contributed by atoms with Crippen LogP contribution in [-0.4, -0.2) is 29.1 Å². The van der Waals surface area contributed by atoms with Crippen molar-refractivity contribution in [2.24, 2.45) is 0 Å². The third-order valence-corrected chi connectivity index (χ3v) is 5.94. The maximum Gasteiger partial charge on any atom is 0.263 e. The number of nitriles is 1. The van der Waals surface area contributed by atoms with Crippen LogP contribution in [0.5, 0.6) is 0 Å². The molecule has 2 aromatic heterocycles. The monoisotopic (exact) mass is 487 g/mol. The summed E-state index contributed by atoms with van der Waals surface area (Å²) in [7, 11) is 1.89. The van der Waals surface area contributed by atoms with Crippen LogP contribution in [-0.2, 0) is 13.1 Å². The van der Waals surface area contributed by atoms with E-state index in [1.54, 1.807) is 12.3 Å². The zero-order valence-corrected chi connectivity index (χ0v) is 19.8. The number of aromatic nitrogens is 2. The quantitative estimate of drug-likeness (QED) is 0.426. The van der Waals surface area contributed by atoms with Crippen molar-refractivity contribution in [2.75, 3.05) is 18.5 Å². The van der Waals surface area contributed by atoms with Gasteiger partial charge >= 0.3 is 0 Å². The molecular weight excluding hydrogens is 464 g/mol. The average molecular weight is 488 g/mol. The summed E-state index contributed by atoms with van der Waals surface area (Å²) >= 11 is 0. The first-order valence-corrected chi connectivity index (χ1v) is 11.3. The number of nitrogens with zero attached hydrogens (tertiary/aromatic N) is 4. The number of halogens is 2. The van der Waals surface area contributed by atoms with Crippen LogP contribution in [0.1, 0.15) is 34.0 Å². The predicted molar refractivity (Wildman–Crippen MR) is 133 cm³/mol. The van der Waals surface area contributed by atoms with Gasteiger partial charge in [0.05, 0.1) is 23.3 Å². The highest BCUT2D eigenvalue weighted by molar-refractivity contribution is 5.95. The van der Waals surface area contributed by atoms with Gasteiger partial charge in [-0.25, -0.2) is 8.78 Å². The lowest BCUT2D eigenvalue weighted by molar-refractivity contribution is 0.0949. The van der Waals surface area contributed by atoms with E-state index in [-0.39, 0.29) is 18.7 Å². The van der Waals surface area contributed by atoms with Crippen molar-refractivity contribution < 1.29 is 13.6 Å². The van der Waals surface area contributed by atoms with E-state index >= 15 is 0 Å². The Labute approximate surface area is 206 Å². The molecule has 0 bridgehead atoms. The Kier molecular flexibility index (Phi) is 7.06. The van der Waals surface area contributed by atoms with E-state index in [2.05, 4.69) is 16.4 Å². The minimum absolute atomic E-state index is 0.0101. The Balaban J connectivity index is 1.56. The number of amides is 1. The second kappa shape index (κ2) is 10.4. The summed E-state index contributed by atoms with van der Waals surface area (Å²) in [5.74, 6) is -2.54. The molecule has 0 saturated heterocycles. The smallest absolute Gasteiger partial charge is 0.263 e. The van der Waals surface area contributed by atoms with Crippen LogP contribution in [0.25, 0.3) is 10.9 Å². The number of anilines is 1. The number of fused-ring (bicyclic) bond motifs is 1. The van der Waals surface area contributed by atoms with Crippen molar-refractivity contribution >= 4 is 22.5 Å². The molecule has 182 valence electrons. The molecule has 1 amide bonds. The highest BCUT2D eigenvalue weighted by Crippen LogP contribution is 2.29. The highest BCUT2D eigenvalue weighted by atomic mass is 19.2. The molecule has 9 heteroatoms. The first-order chi connectivity index (χ1) is 17.3. The summed E-state index contributed by atoms with van der Waals surface area (Å²) in [6.07, 6.45) is 3.03. The lowest BCUT2D eigenvalue weighted by Gasteiger charge is -2.20. The third kappa shape index (κ3) is 4.93. The number of rotatable bonds is 7. The summed E-state index contributed by atoms with van der Waals surface area (Å²) < 4.78 is 28.0. The largest absolute Gasteiger partial charge is 0.373 e. The number of pyridine rings is 2. The van der Waals surface area contributed by atoms with Gasteiger partial charge in [0.15, 0.2) is 11.6 Å². The van der Waals surface area contributed by atoms with Gasteiger partial charge in [0.25, 0.3) is 11.5 Å². The molecular formula is C27H23F2N5O2. The summed E-state index contributed by atoms with van der Waals surface area (Å²) in [5, 5.41) is 13.1. The molecule has 36 heavy (non-hydrogen) atoms. The van der Waals surface area contributed by atoms with Crippen molar-refractivity contribution in [3.05, 3.63) is 105 Å². The minimum Gasteiger partial charge on any atom is -0.373 e. The van der Waals surface area contributed by atoms with Crippen LogP contribution in [0.2, 0.25) is 0 Å². The van der Waals surface area contributed by atoms with Crippen molar-refractivity contribution in [3.8, 4) is 6.07 Å². The molecule has 0 aliphatic heterocycles. The molecule has 4 aromatic rings. The molecule has 0 aliphatic carbocycles. The van der Waals surface area contributed by atoms with Gasteiger partial charge in [0, 0.05) is 37.9 Å². The van der Waals surface area contributed by atoms with Crippen LogP contribution in [0.3, 0.4) is 0 Å². The van der Waals surface area contributed by atoms with Gasteiger partial charge in [-0.2, -0.15) is 5.26 Å². The van der Waals surface area contributed by atoms with E-state index < -0.39 is 23.1 Å². The van der Waals surface area contributed by atoms with Crippen LogP contribution in [0.4, 0.5) is 14.5 Å². The number of benzene rings is 2. The summed E-state index contributed by atoms with van der Waals surface area (Å²) in [6, 6.07) is 14.1. The molecule has 0 fully saturated rings. The predicted octanol–water partition coefficient (Wildman–Crippen LogP) is 3.98. The number of hydrogen-bond donors (Lipinski definition) is 1. The Morgan fingerprint density at radius 2 is 1.92 bits per heavy atom. The fraction of sp³-hybridized carbons (Fsp3) is 0.185. The van der Waals surface area contributed by atoms with Gasteiger partial charge in [-0.3, -0.25) is 14.6 Å². The molecule has 0 radical (unpaired) electrons. The van der Waals surface area contributed by atoms with Crippen LogP contribution >= 0.6 is 0 Å². The number of carbonyl (C=O) groups excluding carboxylic acids is 1. The second-order valence-electron chi connectivity index (χ2n) is 8.28. The molecule has 0 atom stereocenters. The zero-order valence-electron chi connectivity index (χ0n) is 19.8. The maximum atomic E-state index is 13.5. The maximum absolute atomic E-state index is 13.5. The highest BCUT2D eigenvalue weighted by Gasteiger charge is 2.15. The summed E-state index contributed by atoms with van der Waals surface area (Å²) in [4.78, 5) is 32.0. The standard InChI is InChI=1S/C27H23F2N5O2/c1-3-33(2)25-19(13-30)15-31-24-9-7-17(11-21(24)25)14-32-26(35)20-5-4-10-34(27(20)36)16-18-6-8-22(28)23(29)12-18/h4-12,15H,3,14,16H2,1-2H3,(H,32,35). The average Bonchev–Trinajstić information content (AvgIpc) is 2.89. The lowest BCUT2D eigenvalue weighted by Crippen LogP contribution is -2.32. The van der Waals surface area contributed by atoms with Crippen molar-refractivity contribution in [2.45, 2.75) is 20.0 Å². The number of carbonyl (C=O) groups is 1. The Bertz CT molecular complexity index is 1560. The topological polar surface area (TPSA) is 91.0 Å². The van der Waals surface area contributed by atoms with Gasteiger partial charge in [0.2, 0.25) is 0 Å². The van der Waals surface area contributed by atoms with E-state index in [1.165, 1.54) is 22.9 Å². The molecule has 2 aromatic carbocycles. The summed E-state index contributed by atoms with van der Waals surface area (Å²) in [6.45, 7) is 2.82. The fourth-order valence-corrected chi connectivity index (χ4v) is 3.93. The van der Waals surface area contributed by atoms with Crippen LogP contribution in [0, 0.1) is 23.0 Å². The SMILES string of the molecule is CCN(C)c1c(C#N)cnc2ccc(CNC(=O)c3cccn(Cc4ccc(F)c(F)c4)c3=O)cc12. The fourth-order valence-electron chi connectivity index (χ4n) is 3.93. The first-order valence-electron chi connectivity index (χ1n) is 11.3. The van der Waals surface area contributed by atoms with E-state index in [1.807, 2.05) is 37.1 Å². The normalized spacial score (nSPS) is 10.8. The summed E-state index contributed by atoms with van der Waals surface area (Å²) in [5.41, 5.74) is 2.50. The first kappa shape index (κ1) is 24.5. The number of hydrogen-bond acceptors (Lipinski definition) is 5. The lowest BCUT2D eigenvalue weighted by atomic mass is 10.1. The van der Waals surface area contributed by atoms with Crippen molar-refractivity contribution in [1.82, 2.24) is 14.9 Å².